The third kappa shape index (κ3) is 2.28. The fourth-order valence-electron chi connectivity index (χ4n) is 2.64. The van der Waals surface area contributed by atoms with Gasteiger partial charge in [0.1, 0.15) is 5.52 Å². The number of benzene rings is 1. The molecule has 0 aliphatic rings. The van der Waals surface area contributed by atoms with Crippen LogP contribution in [0.4, 0.5) is 5.69 Å². The van der Waals surface area contributed by atoms with E-state index in [-0.39, 0.29) is 5.91 Å². The second-order valence-electron chi connectivity index (χ2n) is 5.51. The standard InChI is InChI=1S/C16H15N7O/c1-3-23-14-5-4-10(6-13(14)20-22-23)16(24)18-11-7-12-9(2)19-21-15(12)17-8-11/h4-8H,3H2,1-2H3,(H,18,24)(H,17,19,21). The number of aryl methyl sites for hydroxylation is 2. The Morgan fingerprint density at radius 3 is 3.04 bits per heavy atom. The number of nitrogens with one attached hydrogen (secondary N) is 2. The molecule has 0 aliphatic heterocycles. The lowest BCUT2D eigenvalue weighted by Crippen LogP contribution is -2.12. The summed E-state index contributed by atoms with van der Waals surface area (Å²) in [5.41, 5.74) is 4.29. The third-order valence-electron chi connectivity index (χ3n) is 3.93. The normalized spacial score (nSPS) is 11.2. The van der Waals surface area contributed by atoms with Crippen LogP contribution in [0.5, 0.6) is 0 Å². The van der Waals surface area contributed by atoms with Gasteiger partial charge in [0.15, 0.2) is 5.65 Å². The van der Waals surface area contributed by atoms with Crippen LogP contribution in [-0.2, 0) is 6.54 Å². The zero-order chi connectivity index (χ0) is 16.7. The maximum Gasteiger partial charge on any atom is 0.255 e. The first-order valence-electron chi connectivity index (χ1n) is 7.61. The summed E-state index contributed by atoms with van der Waals surface area (Å²) in [6.07, 6.45) is 1.59. The number of pyridine rings is 1. The van der Waals surface area contributed by atoms with E-state index in [0.29, 0.717) is 22.4 Å². The van der Waals surface area contributed by atoms with Crippen molar-refractivity contribution in [1.82, 2.24) is 30.2 Å². The van der Waals surface area contributed by atoms with Gasteiger partial charge in [-0.3, -0.25) is 9.89 Å². The van der Waals surface area contributed by atoms with Crippen molar-refractivity contribution in [3.05, 3.63) is 41.7 Å². The van der Waals surface area contributed by atoms with Gasteiger partial charge in [-0.1, -0.05) is 5.21 Å². The molecule has 4 aromatic rings. The molecular weight excluding hydrogens is 306 g/mol. The molecule has 0 fully saturated rings. The summed E-state index contributed by atoms with van der Waals surface area (Å²) < 4.78 is 1.79. The number of amides is 1. The van der Waals surface area contributed by atoms with Crippen LogP contribution in [0.2, 0.25) is 0 Å². The summed E-state index contributed by atoms with van der Waals surface area (Å²) in [4.78, 5) is 16.7. The molecule has 0 saturated carbocycles. The van der Waals surface area contributed by atoms with Crippen molar-refractivity contribution in [2.75, 3.05) is 5.32 Å². The third-order valence-corrected chi connectivity index (χ3v) is 3.93. The average molecular weight is 321 g/mol. The zero-order valence-corrected chi connectivity index (χ0v) is 13.2. The molecule has 0 radical (unpaired) electrons. The zero-order valence-electron chi connectivity index (χ0n) is 13.2. The summed E-state index contributed by atoms with van der Waals surface area (Å²) in [5.74, 6) is -0.217. The summed E-state index contributed by atoms with van der Waals surface area (Å²) in [6, 6.07) is 7.21. The second kappa shape index (κ2) is 5.41. The van der Waals surface area contributed by atoms with Crippen LogP contribution in [-0.4, -0.2) is 36.1 Å². The van der Waals surface area contributed by atoms with Gasteiger partial charge in [-0.05, 0) is 38.1 Å². The smallest absolute Gasteiger partial charge is 0.255 e. The van der Waals surface area contributed by atoms with Crippen molar-refractivity contribution in [2.24, 2.45) is 0 Å². The number of H-pyrrole nitrogens is 1. The number of carbonyl (C=O) groups excluding carboxylic acids is 1. The van der Waals surface area contributed by atoms with E-state index in [9.17, 15) is 4.79 Å². The molecule has 1 amide bonds. The predicted molar refractivity (Wildman–Crippen MR) is 89.8 cm³/mol. The minimum Gasteiger partial charge on any atom is -0.321 e. The molecule has 4 rings (SSSR count). The minimum absolute atomic E-state index is 0.217. The van der Waals surface area contributed by atoms with Gasteiger partial charge in [-0.25, -0.2) is 9.67 Å². The number of anilines is 1. The Balaban J connectivity index is 1.63. The first-order valence-corrected chi connectivity index (χ1v) is 7.61. The van der Waals surface area contributed by atoms with Gasteiger partial charge in [0.25, 0.3) is 5.91 Å². The number of fused-ring (bicyclic) bond motifs is 2. The number of aromatic amines is 1. The van der Waals surface area contributed by atoms with Crippen LogP contribution in [0, 0.1) is 6.92 Å². The van der Waals surface area contributed by atoms with Crippen molar-refractivity contribution >= 4 is 33.7 Å². The average Bonchev–Trinajstić information content (AvgIpc) is 3.18. The van der Waals surface area contributed by atoms with E-state index >= 15 is 0 Å². The molecule has 0 aliphatic carbocycles. The number of carbonyl (C=O) groups is 1. The van der Waals surface area contributed by atoms with Crippen LogP contribution in [0.15, 0.2) is 30.5 Å². The minimum atomic E-state index is -0.217. The lowest BCUT2D eigenvalue weighted by Gasteiger charge is -2.05. The van der Waals surface area contributed by atoms with Crippen LogP contribution in [0.3, 0.4) is 0 Å². The van der Waals surface area contributed by atoms with Crippen LogP contribution in [0.1, 0.15) is 23.0 Å². The molecule has 3 heterocycles. The van der Waals surface area contributed by atoms with E-state index in [1.165, 1.54) is 0 Å². The van der Waals surface area contributed by atoms with E-state index in [1.54, 1.807) is 23.0 Å². The molecule has 8 heteroatoms. The highest BCUT2D eigenvalue weighted by Crippen LogP contribution is 2.19. The number of hydrogen-bond donors (Lipinski definition) is 2. The highest BCUT2D eigenvalue weighted by Gasteiger charge is 2.11. The Bertz CT molecular complexity index is 1060. The summed E-state index contributed by atoms with van der Waals surface area (Å²) in [6.45, 7) is 4.64. The largest absolute Gasteiger partial charge is 0.321 e. The number of nitrogens with zero attached hydrogens (tertiary/aromatic N) is 5. The van der Waals surface area contributed by atoms with Crippen LogP contribution in [0.25, 0.3) is 22.1 Å². The molecule has 1 aromatic carbocycles. The molecule has 120 valence electrons. The molecule has 0 spiro atoms. The van der Waals surface area contributed by atoms with E-state index in [0.717, 1.165) is 23.1 Å². The van der Waals surface area contributed by atoms with E-state index in [4.69, 9.17) is 0 Å². The van der Waals surface area contributed by atoms with Crippen molar-refractivity contribution in [3.8, 4) is 0 Å². The number of aromatic nitrogens is 6. The van der Waals surface area contributed by atoms with Gasteiger partial charge in [0, 0.05) is 23.2 Å². The number of rotatable bonds is 3. The van der Waals surface area contributed by atoms with Crippen molar-refractivity contribution < 1.29 is 4.79 Å². The first kappa shape index (κ1) is 14.3. The lowest BCUT2D eigenvalue weighted by molar-refractivity contribution is 0.102. The highest BCUT2D eigenvalue weighted by atomic mass is 16.1. The Kier molecular flexibility index (Phi) is 3.23. The molecule has 3 aromatic heterocycles. The molecule has 0 unspecified atom stereocenters. The lowest BCUT2D eigenvalue weighted by atomic mass is 10.2. The first-order chi connectivity index (χ1) is 11.7. The van der Waals surface area contributed by atoms with E-state index in [2.05, 4.69) is 30.8 Å². The fourth-order valence-corrected chi connectivity index (χ4v) is 2.64. The van der Waals surface area contributed by atoms with Gasteiger partial charge in [0.05, 0.1) is 17.4 Å². The van der Waals surface area contributed by atoms with Crippen molar-refractivity contribution in [2.45, 2.75) is 20.4 Å². The molecular formula is C16H15N7O. The predicted octanol–water partition coefficient (Wildman–Crippen LogP) is 2.28. The van der Waals surface area contributed by atoms with Gasteiger partial charge in [-0.15, -0.1) is 5.10 Å². The monoisotopic (exact) mass is 321 g/mol. The SMILES string of the molecule is CCn1nnc2cc(C(=O)Nc3cnc4n[nH]c(C)c4c3)ccc21. The maximum absolute atomic E-state index is 12.5. The molecule has 0 bridgehead atoms. The summed E-state index contributed by atoms with van der Waals surface area (Å²) in [7, 11) is 0. The van der Waals surface area contributed by atoms with Crippen molar-refractivity contribution in [3.63, 3.8) is 0 Å². The quantitative estimate of drug-likeness (QED) is 0.603. The fraction of sp³-hybridized carbons (Fsp3) is 0.188. The highest BCUT2D eigenvalue weighted by molar-refractivity contribution is 6.06. The Morgan fingerprint density at radius 1 is 1.33 bits per heavy atom. The van der Waals surface area contributed by atoms with Crippen LogP contribution < -0.4 is 5.32 Å². The van der Waals surface area contributed by atoms with Gasteiger partial charge < -0.3 is 5.32 Å². The Morgan fingerprint density at radius 2 is 2.21 bits per heavy atom. The van der Waals surface area contributed by atoms with Crippen LogP contribution >= 0.6 is 0 Å². The molecule has 2 N–H and O–H groups in total. The number of hydrogen-bond acceptors (Lipinski definition) is 5. The van der Waals surface area contributed by atoms with Gasteiger partial charge in [-0.2, -0.15) is 5.10 Å². The summed E-state index contributed by atoms with van der Waals surface area (Å²) >= 11 is 0. The van der Waals surface area contributed by atoms with Gasteiger partial charge in [0.2, 0.25) is 0 Å². The molecule has 8 nitrogen and oxygen atoms in total. The molecule has 0 atom stereocenters. The molecule has 0 saturated heterocycles. The van der Waals surface area contributed by atoms with Crippen molar-refractivity contribution in [1.29, 1.82) is 0 Å². The molecule has 24 heavy (non-hydrogen) atoms. The Hall–Kier alpha value is -3.29. The van der Waals surface area contributed by atoms with E-state index in [1.807, 2.05) is 26.0 Å². The Labute approximate surface area is 136 Å². The van der Waals surface area contributed by atoms with Gasteiger partial charge >= 0.3 is 0 Å². The maximum atomic E-state index is 12.5. The second-order valence-corrected chi connectivity index (χ2v) is 5.51. The van der Waals surface area contributed by atoms with E-state index < -0.39 is 0 Å². The topological polar surface area (TPSA) is 101 Å². The summed E-state index contributed by atoms with van der Waals surface area (Å²) in [5, 5.41) is 18.8.